The smallest absolute Gasteiger partial charge is 0.00462 e. The van der Waals surface area contributed by atoms with Crippen LogP contribution >= 0.6 is 0 Å². The lowest BCUT2D eigenvalue weighted by Gasteiger charge is -2.30. The first-order valence-electron chi connectivity index (χ1n) is 4.78. The second-order valence-corrected chi connectivity index (χ2v) is 3.62. The van der Waals surface area contributed by atoms with Crippen LogP contribution in [0, 0.1) is 11.8 Å². The summed E-state index contributed by atoms with van der Waals surface area (Å²) in [6.45, 7) is 1.70. The van der Waals surface area contributed by atoms with Gasteiger partial charge in [0.15, 0.2) is 0 Å². The maximum atomic E-state index is 5.68. The summed E-state index contributed by atoms with van der Waals surface area (Å²) in [6.07, 6.45) is 6.65. The van der Waals surface area contributed by atoms with Gasteiger partial charge in [-0.25, -0.2) is 0 Å². The molecule has 2 nitrogen and oxygen atoms in total. The summed E-state index contributed by atoms with van der Waals surface area (Å²) in [6, 6.07) is 0. The van der Waals surface area contributed by atoms with E-state index < -0.39 is 0 Å². The Morgan fingerprint density at radius 1 is 1.00 bits per heavy atom. The largest absolute Gasteiger partial charge is 0.330 e. The molecule has 2 atom stereocenters. The molecule has 0 radical (unpaired) electrons. The number of nitrogens with two attached hydrogens (primary N) is 2. The Bertz CT molecular complexity index is 102. The summed E-state index contributed by atoms with van der Waals surface area (Å²) >= 11 is 0. The Hall–Kier alpha value is -0.0800. The van der Waals surface area contributed by atoms with Gasteiger partial charge >= 0.3 is 0 Å². The van der Waals surface area contributed by atoms with Gasteiger partial charge in [-0.05, 0) is 37.8 Å². The summed E-state index contributed by atoms with van der Waals surface area (Å²) in [7, 11) is 0. The number of hydrogen-bond acceptors (Lipinski definition) is 2. The van der Waals surface area contributed by atoms with Crippen molar-refractivity contribution < 1.29 is 0 Å². The average molecular weight is 156 g/mol. The highest BCUT2D eigenvalue weighted by molar-refractivity contribution is 4.75. The van der Waals surface area contributed by atoms with Gasteiger partial charge in [0.25, 0.3) is 0 Å². The normalized spacial score (nSPS) is 32.2. The molecule has 66 valence electrons. The van der Waals surface area contributed by atoms with E-state index in [1.165, 1.54) is 32.1 Å². The predicted octanol–water partition coefficient (Wildman–Crippen LogP) is 1.10. The second kappa shape index (κ2) is 4.73. The molecular formula is C9H20N2. The van der Waals surface area contributed by atoms with Crippen LogP contribution in [0.3, 0.4) is 0 Å². The van der Waals surface area contributed by atoms with Crippen molar-refractivity contribution >= 4 is 0 Å². The minimum absolute atomic E-state index is 0.771. The van der Waals surface area contributed by atoms with Gasteiger partial charge in [0.1, 0.15) is 0 Å². The van der Waals surface area contributed by atoms with Crippen molar-refractivity contribution in [3.8, 4) is 0 Å². The van der Waals surface area contributed by atoms with Gasteiger partial charge in [0.2, 0.25) is 0 Å². The summed E-state index contributed by atoms with van der Waals surface area (Å²) in [5.74, 6) is 1.60. The van der Waals surface area contributed by atoms with Crippen molar-refractivity contribution in [3.05, 3.63) is 0 Å². The molecule has 0 aromatic carbocycles. The molecule has 2 heteroatoms. The van der Waals surface area contributed by atoms with E-state index in [9.17, 15) is 0 Å². The molecule has 0 aromatic heterocycles. The van der Waals surface area contributed by atoms with Gasteiger partial charge in [-0.15, -0.1) is 0 Å². The van der Waals surface area contributed by atoms with Crippen LogP contribution in [0.5, 0.6) is 0 Å². The molecule has 2 unspecified atom stereocenters. The summed E-state index contributed by atoms with van der Waals surface area (Å²) in [5.41, 5.74) is 11.2. The van der Waals surface area contributed by atoms with E-state index >= 15 is 0 Å². The highest BCUT2D eigenvalue weighted by Gasteiger charge is 2.22. The quantitative estimate of drug-likeness (QED) is 0.643. The van der Waals surface area contributed by atoms with Crippen LogP contribution in [0.2, 0.25) is 0 Å². The average Bonchev–Trinajstić information content (AvgIpc) is 2.06. The monoisotopic (exact) mass is 156 g/mol. The third-order valence-electron chi connectivity index (χ3n) is 2.91. The van der Waals surface area contributed by atoms with Crippen LogP contribution in [0.25, 0.3) is 0 Å². The molecular weight excluding hydrogens is 136 g/mol. The van der Waals surface area contributed by atoms with Crippen molar-refractivity contribution in [3.63, 3.8) is 0 Å². The fourth-order valence-electron chi connectivity index (χ4n) is 2.19. The fraction of sp³-hybridized carbons (Fsp3) is 1.00. The maximum absolute atomic E-state index is 5.68. The van der Waals surface area contributed by atoms with Crippen LogP contribution in [0.15, 0.2) is 0 Å². The molecule has 1 aliphatic carbocycles. The van der Waals surface area contributed by atoms with Crippen LogP contribution in [0.4, 0.5) is 0 Å². The molecule has 1 rings (SSSR count). The molecule has 11 heavy (non-hydrogen) atoms. The third-order valence-corrected chi connectivity index (χ3v) is 2.91. The molecule has 0 aromatic rings. The summed E-state index contributed by atoms with van der Waals surface area (Å²) in [5, 5.41) is 0. The molecule has 0 spiro atoms. The lowest BCUT2D eigenvalue weighted by atomic mass is 9.77. The van der Waals surface area contributed by atoms with E-state index in [0.717, 1.165) is 24.9 Å². The van der Waals surface area contributed by atoms with Crippen LogP contribution in [-0.4, -0.2) is 13.1 Å². The van der Waals surface area contributed by atoms with E-state index in [0.29, 0.717) is 0 Å². The highest BCUT2D eigenvalue weighted by Crippen LogP contribution is 2.30. The van der Waals surface area contributed by atoms with E-state index in [-0.39, 0.29) is 0 Å². The second-order valence-electron chi connectivity index (χ2n) is 3.62. The molecule has 0 amide bonds. The van der Waals surface area contributed by atoms with Gasteiger partial charge in [-0.3, -0.25) is 0 Å². The van der Waals surface area contributed by atoms with Gasteiger partial charge in [-0.1, -0.05) is 19.3 Å². The lowest BCUT2D eigenvalue weighted by molar-refractivity contribution is 0.233. The van der Waals surface area contributed by atoms with Crippen molar-refractivity contribution in [2.75, 3.05) is 13.1 Å². The molecule has 0 aliphatic heterocycles. The molecule has 4 N–H and O–H groups in total. The fourth-order valence-corrected chi connectivity index (χ4v) is 2.19. The Morgan fingerprint density at radius 2 is 1.64 bits per heavy atom. The Labute approximate surface area is 69.3 Å². The molecule has 0 saturated heterocycles. The van der Waals surface area contributed by atoms with Gasteiger partial charge < -0.3 is 11.5 Å². The van der Waals surface area contributed by atoms with E-state index in [1.54, 1.807) is 0 Å². The van der Waals surface area contributed by atoms with Crippen LogP contribution < -0.4 is 11.5 Å². The maximum Gasteiger partial charge on any atom is -0.00462 e. The highest BCUT2D eigenvalue weighted by atomic mass is 14.6. The first kappa shape index (κ1) is 9.01. The van der Waals surface area contributed by atoms with Gasteiger partial charge in [-0.2, -0.15) is 0 Å². The van der Waals surface area contributed by atoms with Crippen LogP contribution in [0.1, 0.15) is 32.1 Å². The van der Waals surface area contributed by atoms with Crippen molar-refractivity contribution in [2.45, 2.75) is 32.1 Å². The SMILES string of the molecule is NCCC1CCCCC1CN. The van der Waals surface area contributed by atoms with Gasteiger partial charge in [0.05, 0.1) is 0 Å². The molecule has 1 aliphatic rings. The van der Waals surface area contributed by atoms with Gasteiger partial charge in [0, 0.05) is 0 Å². The molecule has 1 fully saturated rings. The summed E-state index contributed by atoms with van der Waals surface area (Å²) in [4.78, 5) is 0. The van der Waals surface area contributed by atoms with E-state index in [4.69, 9.17) is 11.5 Å². The zero-order valence-corrected chi connectivity index (χ0v) is 7.26. The lowest BCUT2D eigenvalue weighted by Crippen LogP contribution is -2.28. The molecule has 0 bridgehead atoms. The minimum Gasteiger partial charge on any atom is -0.330 e. The third kappa shape index (κ3) is 2.46. The topological polar surface area (TPSA) is 52.0 Å². The first-order chi connectivity index (χ1) is 5.38. The minimum atomic E-state index is 0.771. The standard InChI is InChI=1S/C9H20N2/c10-6-5-8-3-1-2-4-9(8)7-11/h8-9H,1-7,10-11H2. The number of hydrogen-bond donors (Lipinski definition) is 2. The Morgan fingerprint density at radius 3 is 2.18 bits per heavy atom. The first-order valence-corrected chi connectivity index (χ1v) is 4.78. The van der Waals surface area contributed by atoms with E-state index in [1.807, 2.05) is 0 Å². The zero-order chi connectivity index (χ0) is 8.10. The van der Waals surface area contributed by atoms with Crippen molar-refractivity contribution in [1.82, 2.24) is 0 Å². The van der Waals surface area contributed by atoms with E-state index in [2.05, 4.69) is 0 Å². The summed E-state index contributed by atoms with van der Waals surface area (Å²) < 4.78 is 0. The Kier molecular flexibility index (Phi) is 3.87. The Balaban J connectivity index is 2.31. The zero-order valence-electron chi connectivity index (χ0n) is 7.26. The predicted molar refractivity (Wildman–Crippen MR) is 48.2 cm³/mol. The van der Waals surface area contributed by atoms with Crippen molar-refractivity contribution in [2.24, 2.45) is 23.3 Å². The molecule has 1 saturated carbocycles. The van der Waals surface area contributed by atoms with Crippen molar-refractivity contribution in [1.29, 1.82) is 0 Å². The molecule has 0 heterocycles. The van der Waals surface area contributed by atoms with Crippen LogP contribution in [-0.2, 0) is 0 Å². The number of rotatable bonds is 3.